The lowest BCUT2D eigenvalue weighted by Gasteiger charge is -2.31. The van der Waals surface area contributed by atoms with Crippen LogP contribution in [0, 0.1) is 5.82 Å². The van der Waals surface area contributed by atoms with Crippen molar-refractivity contribution in [2.75, 3.05) is 5.32 Å². The number of hydrogen-bond donors (Lipinski definition) is 1. The molecular formula is C17H14FNO4. The molecule has 118 valence electrons. The van der Waals surface area contributed by atoms with Crippen molar-refractivity contribution in [1.29, 1.82) is 0 Å². The highest BCUT2D eigenvalue weighted by molar-refractivity contribution is 6.32. The molecule has 6 heteroatoms. The van der Waals surface area contributed by atoms with Gasteiger partial charge >= 0.3 is 0 Å². The minimum atomic E-state index is -1.96. The zero-order valence-electron chi connectivity index (χ0n) is 12.2. The number of hydrogen-bond acceptors (Lipinski definition) is 4. The van der Waals surface area contributed by atoms with E-state index in [1.165, 1.54) is 42.7 Å². The van der Waals surface area contributed by atoms with Gasteiger partial charge in [0, 0.05) is 18.5 Å². The van der Waals surface area contributed by atoms with Crippen molar-refractivity contribution < 1.29 is 23.2 Å². The molecule has 1 heterocycles. The first-order valence-corrected chi connectivity index (χ1v) is 7.22. The molecule has 1 aliphatic carbocycles. The van der Waals surface area contributed by atoms with Crippen LogP contribution in [-0.2, 0) is 19.8 Å². The van der Waals surface area contributed by atoms with Gasteiger partial charge in [0.2, 0.25) is 5.41 Å². The maximum atomic E-state index is 13.0. The Morgan fingerprint density at radius 3 is 2.30 bits per heavy atom. The third-order valence-electron chi connectivity index (χ3n) is 3.98. The zero-order chi connectivity index (χ0) is 16.4. The summed E-state index contributed by atoms with van der Waals surface area (Å²) in [5.41, 5.74) is -1.66. The molecule has 1 aromatic heterocycles. The van der Waals surface area contributed by atoms with Crippen molar-refractivity contribution in [3.05, 3.63) is 54.2 Å². The van der Waals surface area contributed by atoms with Crippen LogP contribution in [0.1, 0.15) is 25.0 Å². The number of anilines is 1. The minimum absolute atomic E-state index is 0.0202. The second-order valence-corrected chi connectivity index (χ2v) is 5.39. The van der Waals surface area contributed by atoms with Crippen LogP contribution in [0.25, 0.3) is 0 Å². The highest BCUT2D eigenvalue weighted by atomic mass is 19.1. The van der Waals surface area contributed by atoms with Gasteiger partial charge in [-0.3, -0.25) is 14.4 Å². The maximum Gasteiger partial charge on any atom is 0.253 e. The molecule has 0 spiro atoms. The van der Waals surface area contributed by atoms with Gasteiger partial charge in [-0.05, 0) is 42.8 Å². The number of ketones is 2. The standard InChI is InChI=1S/C17H14FNO4/c18-11-6-8-12(9-7-11)19-16(22)17(15-5-2-10-23-15)13(20)3-1-4-14(17)21/h2,5-10H,1,3-4H2,(H,19,22). The molecule has 1 fully saturated rings. The van der Waals surface area contributed by atoms with Crippen molar-refractivity contribution in [1.82, 2.24) is 0 Å². The fraction of sp³-hybridized carbons (Fsp3) is 0.235. The fourth-order valence-electron chi connectivity index (χ4n) is 2.83. The average molecular weight is 315 g/mol. The smallest absolute Gasteiger partial charge is 0.253 e. The van der Waals surface area contributed by atoms with Gasteiger partial charge in [0.15, 0.2) is 11.6 Å². The first-order chi connectivity index (χ1) is 11.0. The maximum absolute atomic E-state index is 13.0. The first kappa shape index (κ1) is 15.1. The number of Topliss-reactive ketones (excluding diaryl/α,β-unsaturated/α-hetero) is 2. The predicted molar refractivity (Wildman–Crippen MR) is 79.3 cm³/mol. The molecule has 0 radical (unpaired) electrons. The van der Waals surface area contributed by atoms with E-state index in [0.29, 0.717) is 12.1 Å². The molecule has 1 saturated carbocycles. The second kappa shape index (κ2) is 5.79. The molecule has 0 atom stereocenters. The Balaban J connectivity index is 2.01. The summed E-state index contributed by atoms with van der Waals surface area (Å²) in [7, 11) is 0. The summed E-state index contributed by atoms with van der Waals surface area (Å²) < 4.78 is 18.2. The van der Waals surface area contributed by atoms with Crippen molar-refractivity contribution in [2.45, 2.75) is 24.7 Å². The van der Waals surface area contributed by atoms with Gasteiger partial charge in [0.05, 0.1) is 6.26 Å². The van der Waals surface area contributed by atoms with E-state index in [1.54, 1.807) is 0 Å². The Hall–Kier alpha value is -2.76. The lowest BCUT2D eigenvalue weighted by atomic mass is 9.69. The van der Waals surface area contributed by atoms with Crippen LogP contribution in [0.4, 0.5) is 10.1 Å². The Morgan fingerprint density at radius 2 is 1.74 bits per heavy atom. The normalized spacial score (nSPS) is 17.1. The topological polar surface area (TPSA) is 76.4 Å². The van der Waals surface area contributed by atoms with E-state index in [9.17, 15) is 18.8 Å². The monoisotopic (exact) mass is 315 g/mol. The average Bonchev–Trinajstić information content (AvgIpc) is 3.04. The third kappa shape index (κ3) is 2.46. The molecule has 0 saturated heterocycles. The molecule has 0 unspecified atom stereocenters. The van der Waals surface area contributed by atoms with Gasteiger partial charge in [-0.2, -0.15) is 0 Å². The number of nitrogens with one attached hydrogen (secondary N) is 1. The highest BCUT2D eigenvalue weighted by Crippen LogP contribution is 2.35. The lowest BCUT2D eigenvalue weighted by molar-refractivity contribution is -0.144. The van der Waals surface area contributed by atoms with Gasteiger partial charge in [0.1, 0.15) is 11.6 Å². The molecule has 5 nitrogen and oxygen atoms in total. The molecular weight excluding hydrogens is 301 g/mol. The van der Waals surface area contributed by atoms with Gasteiger partial charge in [-0.25, -0.2) is 4.39 Å². The zero-order valence-corrected chi connectivity index (χ0v) is 12.2. The minimum Gasteiger partial charge on any atom is -0.467 e. The Bertz CT molecular complexity index is 733. The van der Waals surface area contributed by atoms with Crippen LogP contribution in [0.15, 0.2) is 47.1 Å². The molecule has 1 amide bonds. The van der Waals surface area contributed by atoms with Crippen LogP contribution in [0.3, 0.4) is 0 Å². The van der Waals surface area contributed by atoms with Gasteiger partial charge < -0.3 is 9.73 Å². The summed E-state index contributed by atoms with van der Waals surface area (Å²) in [6.07, 6.45) is 1.99. The highest BCUT2D eigenvalue weighted by Gasteiger charge is 2.56. The van der Waals surface area contributed by atoms with E-state index in [0.717, 1.165) is 0 Å². The number of halogens is 1. The van der Waals surface area contributed by atoms with Crippen molar-refractivity contribution in [3.8, 4) is 0 Å². The van der Waals surface area contributed by atoms with Crippen molar-refractivity contribution >= 4 is 23.2 Å². The molecule has 2 aromatic rings. The van der Waals surface area contributed by atoms with E-state index >= 15 is 0 Å². The number of amides is 1. The van der Waals surface area contributed by atoms with E-state index in [1.807, 2.05) is 0 Å². The number of carbonyl (C=O) groups is 3. The van der Waals surface area contributed by atoms with Crippen LogP contribution in [0.2, 0.25) is 0 Å². The predicted octanol–water partition coefficient (Wildman–Crippen LogP) is 2.62. The van der Waals surface area contributed by atoms with E-state index in [-0.39, 0.29) is 18.6 Å². The summed E-state index contributed by atoms with van der Waals surface area (Å²) in [4.78, 5) is 37.8. The van der Waals surface area contributed by atoms with Crippen molar-refractivity contribution in [3.63, 3.8) is 0 Å². The van der Waals surface area contributed by atoms with Gasteiger partial charge in [-0.15, -0.1) is 0 Å². The molecule has 1 aromatic carbocycles. The summed E-state index contributed by atoms with van der Waals surface area (Å²) >= 11 is 0. The molecule has 1 N–H and O–H groups in total. The van der Waals surface area contributed by atoms with Crippen LogP contribution < -0.4 is 5.32 Å². The summed E-state index contributed by atoms with van der Waals surface area (Å²) in [6.45, 7) is 0. The second-order valence-electron chi connectivity index (χ2n) is 5.39. The molecule has 0 bridgehead atoms. The molecule has 0 aliphatic heterocycles. The Morgan fingerprint density at radius 1 is 1.09 bits per heavy atom. The largest absolute Gasteiger partial charge is 0.467 e. The number of rotatable bonds is 3. The van der Waals surface area contributed by atoms with E-state index in [4.69, 9.17) is 4.42 Å². The Labute approximate surface area is 131 Å². The SMILES string of the molecule is O=C1CCCC(=O)C1(C(=O)Nc1ccc(F)cc1)c1ccco1. The number of carbonyl (C=O) groups excluding carboxylic acids is 3. The van der Waals surface area contributed by atoms with Crippen LogP contribution in [-0.4, -0.2) is 17.5 Å². The summed E-state index contributed by atoms with van der Waals surface area (Å²) in [6, 6.07) is 8.06. The van der Waals surface area contributed by atoms with Crippen molar-refractivity contribution in [2.24, 2.45) is 0 Å². The lowest BCUT2D eigenvalue weighted by Crippen LogP contribution is -2.55. The number of furan rings is 1. The Kier molecular flexibility index (Phi) is 3.82. The van der Waals surface area contributed by atoms with Crippen LogP contribution in [0.5, 0.6) is 0 Å². The van der Waals surface area contributed by atoms with Crippen LogP contribution >= 0.6 is 0 Å². The quantitative estimate of drug-likeness (QED) is 0.883. The van der Waals surface area contributed by atoms with E-state index in [2.05, 4.69) is 5.32 Å². The summed E-state index contributed by atoms with van der Waals surface area (Å²) in [5, 5.41) is 2.52. The first-order valence-electron chi connectivity index (χ1n) is 7.22. The molecule has 1 aliphatic rings. The molecule has 3 rings (SSSR count). The van der Waals surface area contributed by atoms with Gasteiger partial charge in [-0.1, -0.05) is 0 Å². The molecule has 23 heavy (non-hydrogen) atoms. The number of benzene rings is 1. The van der Waals surface area contributed by atoms with E-state index < -0.39 is 28.7 Å². The fourth-order valence-corrected chi connectivity index (χ4v) is 2.83. The summed E-state index contributed by atoms with van der Waals surface area (Å²) in [5.74, 6) is -2.17. The van der Waals surface area contributed by atoms with Gasteiger partial charge in [0.25, 0.3) is 5.91 Å². The third-order valence-corrected chi connectivity index (χ3v) is 3.98.